The van der Waals surface area contributed by atoms with Crippen molar-refractivity contribution in [2.75, 3.05) is 0 Å². The molecule has 1 aliphatic rings. The van der Waals surface area contributed by atoms with Crippen molar-refractivity contribution in [1.29, 1.82) is 0 Å². The summed E-state index contributed by atoms with van der Waals surface area (Å²) in [6, 6.07) is 15.4. The first-order valence-electron chi connectivity index (χ1n) is 8.20. The van der Waals surface area contributed by atoms with Crippen molar-refractivity contribution in [3.63, 3.8) is 0 Å². The number of benzene rings is 2. The summed E-state index contributed by atoms with van der Waals surface area (Å²) in [4.78, 5) is 12.7. The van der Waals surface area contributed by atoms with Crippen LogP contribution < -0.4 is 10.6 Å². The Kier molecular flexibility index (Phi) is 5.44. The van der Waals surface area contributed by atoms with Crippen LogP contribution in [0.15, 0.2) is 48.5 Å². The van der Waals surface area contributed by atoms with E-state index in [1.165, 1.54) is 0 Å². The van der Waals surface area contributed by atoms with E-state index in [-0.39, 0.29) is 18.0 Å². The summed E-state index contributed by atoms with van der Waals surface area (Å²) < 4.78 is 0. The molecule has 3 N–H and O–H groups in total. The van der Waals surface area contributed by atoms with Gasteiger partial charge in [0, 0.05) is 22.2 Å². The molecule has 2 atom stereocenters. The third-order valence-electron chi connectivity index (χ3n) is 4.30. The van der Waals surface area contributed by atoms with Crippen molar-refractivity contribution in [3.8, 4) is 0 Å². The van der Waals surface area contributed by atoms with Crippen LogP contribution >= 0.6 is 23.2 Å². The van der Waals surface area contributed by atoms with E-state index < -0.39 is 0 Å². The third kappa shape index (κ3) is 4.29. The number of nitrogens with one attached hydrogen (secondary N) is 1. The molecule has 3 rings (SSSR count). The molecule has 0 saturated heterocycles. The Bertz CT molecular complexity index is 717. The van der Waals surface area contributed by atoms with Crippen molar-refractivity contribution >= 4 is 29.1 Å². The Hall–Kier alpha value is -1.55. The number of carbonyl (C=O) groups is 1. The minimum absolute atomic E-state index is 0.0323. The Morgan fingerprint density at radius 3 is 2.50 bits per heavy atom. The van der Waals surface area contributed by atoms with E-state index in [1.54, 1.807) is 6.07 Å². The molecule has 2 aromatic carbocycles. The molecule has 5 heteroatoms. The Morgan fingerprint density at radius 1 is 1.17 bits per heavy atom. The lowest BCUT2D eigenvalue weighted by Crippen LogP contribution is -2.88. The van der Waals surface area contributed by atoms with Gasteiger partial charge >= 0.3 is 0 Å². The second kappa shape index (κ2) is 7.56. The summed E-state index contributed by atoms with van der Waals surface area (Å²) in [5.74, 6) is 0.0561. The van der Waals surface area contributed by atoms with Crippen LogP contribution in [0.2, 0.25) is 10.0 Å². The van der Waals surface area contributed by atoms with Crippen LogP contribution in [-0.4, -0.2) is 11.9 Å². The predicted octanol–water partition coefficient (Wildman–Crippen LogP) is 3.64. The molecule has 0 spiro atoms. The molecular formula is C19H21Cl2N2O+. The predicted molar refractivity (Wildman–Crippen MR) is 97.2 cm³/mol. The summed E-state index contributed by atoms with van der Waals surface area (Å²) in [5, 5.41) is 6.41. The Labute approximate surface area is 152 Å². The minimum Gasteiger partial charge on any atom is -0.348 e. The Morgan fingerprint density at radius 2 is 1.88 bits per heavy atom. The fraction of sp³-hybridized carbons (Fsp3) is 0.316. The standard InChI is InChI=1S/C19H20Cl2N2O/c1-12(16-10-7-14(20)11-17(16)21)22-18(13-5-3-2-4-6-13)19(24)23-15-8-9-15/h2-7,10-12,15,18,22H,8-9H2,1H3,(H,23,24)/p+1/t12-,18+/m0/s1. The molecule has 2 aromatic rings. The topological polar surface area (TPSA) is 45.7 Å². The van der Waals surface area contributed by atoms with Gasteiger partial charge in [-0.25, -0.2) is 0 Å². The molecule has 0 radical (unpaired) electrons. The summed E-state index contributed by atoms with van der Waals surface area (Å²) in [6.45, 7) is 2.05. The van der Waals surface area contributed by atoms with Crippen LogP contribution in [0, 0.1) is 0 Å². The number of nitrogens with two attached hydrogens (primary N) is 1. The van der Waals surface area contributed by atoms with Crippen LogP contribution in [0.5, 0.6) is 0 Å². The number of carbonyl (C=O) groups excluding carboxylic acids is 1. The number of hydrogen-bond donors (Lipinski definition) is 2. The van der Waals surface area contributed by atoms with E-state index in [4.69, 9.17) is 23.2 Å². The lowest BCUT2D eigenvalue weighted by molar-refractivity contribution is -0.719. The lowest BCUT2D eigenvalue weighted by atomic mass is 10.0. The third-order valence-corrected chi connectivity index (χ3v) is 4.86. The van der Waals surface area contributed by atoms with Crippen LogP contribution in [0.25, 0.3) is 0 Å². The number of hydrogen-bond acceptors (Lipinski definition) is 1. The molecule has 1 fully saturated rings. The quantitative estimate of drug-likeness (QED) is 0.808. The van der Waals surface area contributed by atoms with E-state index in [9.17, 15) is 4.79 Å². The second-order valence-corrected chi connectivity index (χ2v) is 7.16. The largest absolute Gasteiger partial charge is 0.348 e. The van der Waals surface area contributed by atoms with Crippen molar-refractivity contribution < 1.29 is 10.1 Å². The highest BCUT2D eigenvalue weighted by atomic mass is 35.5. The van der Waals surface area contributed by atoms with Gasteiger partial charge in [0.15, 0.2) is 6.04 Å². The van der Waals surface area contributed by atoms with Crippen molar-refractivity contribution in [2.45, 2.75) is 37.9 Å². The van der Waals surface area contributed by atoms with Gasteiger partial charge in [-0.05, 0) is 31.9 Å². The van der Waals surface area contributed by atoms with E-state index in [1.807, 2.05) is 42.5 Å². The molecule has 1 aliphatic carbocycles. The maximum absolute atomic E-state index is 12.7. The molecule has 0 heterocycles. The number of rotatable bonds is 6. The zero-order valence-electron chi connectivity index (χ0n) is 13.5. The molecule has 0 aromatic heterocycles. The van der Waals surface area contributed by atoms with Gasteiger partial charge in [-0.1, -0.05) is 59.6 Å². The average Bonchev–Trinajstić information content (AvgIpc) is 3.37. The van der Waals surface area contributed by atoms with E-state index in [2.05, 4.69) is 17.6 Å². The minimum atomic E-state index is -0.298. The first-order valence-corrected chi connectivity index (χ1v) is 8.95. The summed E-state index contributed by atoms with van der Waals surface area (Å²) >= 11 is 12.3. The number of quaternary nitrogens is 1. The summed E-state index contributed by atoms with van der Waals surface area (Å²) in [5.41, 5.74) is 1.97. The second-order valence-electron chi connectivity index (χ2n) is 6.32. The molecule has 24 heavy (non-hydrogen) atoms. The van der Waals surface area contributed by atoms with Crippen molar-refractivity contribution in [1.82, 2.24) is 5.32 Å². The number of halogens is 2. The van der Waals surface area contributed by atoms with Gasteiger partial charge in [-0.15, -0.1) is 0 Å². The van der Waals surface area contributed by atoms with Gasteiger partial charge in [-0.2, -0.15) is 0 Å². The zero-order chi connectivity index (χ0) is 17.1. The van der Waals surface area contributed by atoms with Gasteiger partial charge in [0.25, 0.3) is 5.91 Å². The molecule has 1 amide bonds. The van der Waals surface area contributed by atoms with Crippen LogP contribution in [0.3, 0.4) is 0 Å². The van der Waals surface area contributed by atoms with Crippen LogP contribution in [-0.2, 0) is 4.79 Å². The zero-order valence-corrected chi connectivity index (χ0v) is 15.0. The van der Waals surface area contributed by atoms with Gasteiger partial charge in [0.2, 0.25) is 0 Å². The normalized spacial score (nSPS) is 16.5. The van der Waals surface area contributed by atoms with Gasteiger partial charge in [0.1, 0.15) is 6.04 Å². The Balaban J connectivity index is 1.81. The molecule has 1 saturated carbocycles. The first kappa shape index (κ1) is 17.3. The van der Waals surface area contributed by atoms with Crippen LogP contribution in [0.1, 0.15) is 43.0 Å². The highest BCUT2D eigenvalue weighted by Crippen LogP contribution is 2.25. The van der Waals surface area contributed by atoms with Crippen molar-refractivity contribution in [2.24, 2.45) is 0 Å². The molecule has 0 bridgehead atoms. The molecular weight excluding hydrogens is 343 g/mol. The van der Waals surface area contributed by atoms with Crippen LogP contribution in [0.4, 0.5) is 0 Å². The van der Waals surface area contributed by atoms with E-state index in [0.29, 0.717) is 16.1 Å². The average molecular weight is 364 g/mol. The molecule has 0 unspecified atom stereocenters. The monoisotopic (exact) mass is 363 g/mol. The molecule has 0 aliphatic heterocycles. The highest BCUT2D eigenvalue weighted by molar-refractivity contribution is 6.35. The number of amides is 1. The maximum Gasteiger partial charge on any atom is 0.283 e. The summed E-state index contributed by atoms with van der Waals surface area (Å²) in [6.07, 6.45) is 2.15. The SMILES string of the molecule is C[C@H]([NH2+][C@@H](C(=O)NC1CC1)c1ccccc1)c1ccc(Cl)cc1Cl. The fourth-order valence-corrected chi connectivity index (χ4v) is 3.37. The molecule has 3 nitrogen and oxygen atoms in total. The fourth-order valence-electron chi connectivity index (χ4n) is 2.79. The maximum atomic E-state index is 12.7. The van der Waals surface area contributed by atoms with Crippen molar-refractivity contribution in [3.05, 3.63) is 69.7 Å². The van der Waals surface area contributed by atoms with Gasteiger partial charge in [-0.3, -0.25) is 4.79 Å². The highest BCUT2D eigenvalue weighted by Gasteiger charge is 2.32. The smallest absolute Gasteiger partial charge is 0.283 e. The molecule has 126 valence electrons. The first-order chi connectivity index (χ1) is 11.5. The summed E-state index contributed by atoms with van der Waals surface area (Å²) in [7, 11) is 0. The lowest BCUT2D eigenvalue weighted by Gasteiger charge is -2.21. The van der Waals surface area contributed by atoms with E-state index in [0.717, 1.165) is 24.0 Å². The van der Waals surface area contributed by atoms with Gasteiger partial charge < -0.3 is 10.6 Å². The van der Waals surface area contributed by atoms with Gasteiger partial charge in [0.05, 0.1) is 5.02 Å². The van der Waals surface area contributed by atoms with E-state index >= 15 is 0 Å².